The lowest BCUT2D eigenvalue weighted by Gasteiger charge is -2.28. The van der Waals surface area contributed by atoms with Gasteiger partial charge in [0.05, 0.1) is 16.7 Å². The van der Waals surface area contributed by atoms with Gasteiger partial charge in [0.15, 0.2) is 0 Å². The Morgan fingerprint density at radius 3 is 1.52 bits per heavy atom. The Kier molecular flexibility index (Phi) is 8.00. The van der Waals surface area contributed by atoms with Gasteiger partial charge in [-0.25, -0.2) is 0 Å². The molecule has 0 saturated heterocycles. The number of pyridine rings is 1. The number of anilines is 2. The van der Waals surface area contributed by atoms with Crippen LogP contribution in [0.15, 0.2) is 212 Å². The van der Waals surface area contributed by atoms with Crippen LogP contribution in [0.5, 0.6) is 0 Å². The third kappa shape index (κ3) is 5.43. The van der Waals surface area contributed by atoms with E-state index in [1.807, 2.05) is 0 Å². The van der Waals surface area contributed by atoms with E-state index in [1.54, 1.807) is 0 Å². The minimum Gasteiger partial charge on any atom is -0.311 e. The Morgan fingerprint density at radius 2 is 0.889 bits per heavy atom. The smallest absolute Gasteiger partial charge is 0.0626 e. The van der Waals surface area contributed by atoms with Crippen molar-refractivity contribution in [1.29, 1.82) is 0 Å². The molecule has 0 bridgehead atoms. The van der Waals surface area contributed by atoms with Crippen molar-refractivity contribution in [3.8, 4) is 44.6 Å². The third-order valence-electron chi connectivity index (χ3n) is 10.8. The normalized spacial score (nSPS) is 12.7. The molecule has 1 aliphatic carbocycles. The maximum Gasteiger partial charge on any atom is 0.0626 e. The van der Waals surface area contributed by atoms with Crippen LogP contribution in [-0.2, 0) is 0 Å². The molecule has 0 aliphatic heterocycles. The molecule has 0 radical (unpaired) electrons. The number of fused-ring (bicyclic) bond motifs is 6. The molecule has 2 aromatic heterocycles. The number of hydrogen-bond acceptors (Lipinski definition) is 1. The van der Waals surface area contributed by atoms with Crippen LogP contribution in [0.3, 0.4) is 0 Å². The Morgan fingerprint density at radius 1 is 0.389 bits per heavy atom. The first-order valence-corrected chi connectivity index (χ1v) is 18.8. The van der Waals surface area contributed by atoms with Crippen LogP contribution in [0, 0.1) is 0 Å². The van der Waals surface area contributed by atoms with Crippen molar-refractivity contribution in [3.05, 3.63) is 212 Å². The molecule has 0 spiro atoms. The zero-order chi connectivity index (χ0) is 35.8. The van der Waals surface area contributed by atoms with Crippen molar-refractivity contribution in [1.82, 2.24) is 4.40 Å². The largest absolute Gasteiger partial charge is 0.311 e. The molecule has 10 rings (SSSR count). The summed E-state index contributed by atoms with van der Waals surface area (Å²) >= 11 is 0. The summed E-state index contributed by atoms with van der Waals surface area (Å²) < 4.78 is 2.52. The zero-order valence-corrected chi connectivity index (χ0v) is 29.9. The number of rotatable bonds is 7. The van der Waals surface area contributed by atoms with E-state index in [4.69, 9.17) is 0 Å². The molecule has 0 fully saturated rings. The summed E-state index contributed by atoms with van der Waals surface area (Å²) in [5.74, 6) is 0. The lowest BCUT2D eigenvalue weighted by Crippen LogP contribution is -2.16. The second-order valence-corrected chi connectivity index (χ2v) is 14.0. The number of para-hydroxylation sites is 1. The van der Waals surface area contributed by atoms with Gasteiger partial charge in [0, 0.05) is 39.0 Å². The fourth-order valence-electron chi connectivity index (χ4n) is 8.35. The van der Waals surface area contributed by atoms with Gasteiger partial charge in [-0.2, -0.15) is 0 Å². The van der Waals surface area contributed by atoms with Gasteiger partial charge in [0.25, 0.3) is 0 Å². The second-order valence-electron chi connectivity index (χ2n) is 14.0. The molecule has 256 valence electrons. The standard InChI is InChI=1S/C52H38N2/c1-5-17-37(18-6-1)38-29-33-43(34-30-38)53(42-23-11-4-12-24-42)44-35-31-40(32-36-44)49-50(39-19-7-2-8-20-39)52-47-27-14-13-25-45(47)46-26-15-16-28-48(46)54(52)51(49)41-21-9-3-10-22-41/h1-3,5-11,13-36H,4,12H2. The summed E-state index contributed by atoms with van der Waals surface area (Å²) in [6.45, 7) is 0. The van der Waals surface area contributed by atoms with Gasteiger partial charge in [-0.15, -0.1) is 0 Å². The maximum absolute atomic E-state index is 2.52. The van der Waals surface area contributed by atoms with Crippen LogP contribution >= 0.6 is 0 Å². The molecule has 0 unspecified atom stereocenters. The van der Waals surface area contributed by atoms with Crippen LogP contribution in [0.4, 0.5) is 11.4 Å². The molecule has 0 N–H and O–H groups in total. The van der Waals surface area contributed by atoms with Crippen molar-refractivity contribution < 1.29 is 0 Å². The predicted molar refractivity (Wildman–Crippen MR) is 229 cm³/mol. The van der Waals surface area contributed by atoms with E-state index in [2.05, 4.69) is 216 Å². The SMILES string of the molecule is C1=CC(N(c2ccc(-c3ccccc3)cc2)c2ccc(-c3c(-c4ccccc4)c4c5ccccc5c5ccccc5n4c3-c3ccccc3)cc2)=CCC1. The van der Waals surface area contributed by atoms with Gasteiger partial charge in [-0.1, -0.05) is 170 Å². The number of aromatic nitrogens is 1. The van der Waals surface area contributed by atoms with E-state index in [-0.39, 0.29) is 0 Å². The molecule has 2 nitrogen and oxygen atoms in total. The lowest BCUT2D eigenvalue weighted by molar-refractivity contribution is 0.997. The van der Waals surface area contributed by atoms with Gasteiger partial charge >= 0.3 is 0 Å². The van der Waals surface area contributed by atoms with Gasteiger partial charge in [0.2, 0.25) is 0 Å². The lowest BCUT2D eigenvalue weighted by atomic mass is 9.92. The molecular formula is C52H38N2. The minimum absolute atomic E-state index is 1.03. The monoisotopic (exact) mass is 690 g/mol. The second kappa shape index (κ2) is 13.6. The fraction of sp³-hybridized carbons (Fsp3) is 0.0385. The van der Waals surface area contributed by atoms with Crippen LogP contribution < -0.4 is 4.90 Å². The van der Waals surface area contributed by atoms with Crippen LogP contribution in [0.1, 0.15) is 12.8 Å². The molecule has 7 aromatic carbocycles. The van der Waals surface area contributed by atoms with E-state index < -0.39 is 0 Å². The average molecular weight is 691 g/mol. The molecule has 1 aliphatic rings. The molecule has 2 heteroatoms. The highest BCUT2D eigenvalue weighted by Crippen LogP contribution is 2.49. The maximum atomic E-state index is 2.52. The molecule has 9 aromatic rings. The van der Waals surface area contributed by atoms with Gasteiger partial charge in [0.1, 0.15) is 0 Å². The van der Waals surface area contributed by atoms with Crippen molar-refractivity contribution in [3.63, 3.8) is 0 Å². The summed E-state index contributed by atoms with van der Waals surface area (Å²) in [4.78, 5) is 2.39. The highest BCUT2D eigenvalue weighted by atomic mass is 15.1. The molecular weight excluding hydrogens is 653 g/mol. The molecule has 0 saturated carbocycles. The van der Waals surface area contributed by atoms with E-state index in [9.17, 15) is 0 Å². The Balaban J connectivity index is 1.22. The molecule has 54 heavy (non-hydrogen) atoms. The number of nitrogens with zero attached hydrogens (tertiary/aromatic N) is 2. The van der Waals surface area contributed by atoms with Gasteiger partial charge < -0.3 is 9.30 Å². The fourth-order valence-corrected chi connectivity index (χ4v) is 8.35. The number of benzene rings is 7. The first-order valence-electron chi connectivity index (χ1n) is 18.8. The summed E-state index contributed by atoms with van der Waals surface area (Å²) in [6, 6.07) is 68.4. The van der Waals surface area contributed by atoms with Crippen LogP contribution in [0.2, 0.25) is 0 Å². The van der Waals surface area contributed by atoms with Gasteiger partial charge in [-0.3, -0.25) is 0 Å². The Bertz CT molecular complexity index is 2710. The van der Waals surface area contributed by atoms with Crippen LogP contribution in [-0.4, -0.2) is 4.40 Å². The van der Waals surface area contributed by atoms with Crippen molar-refractivity contribution >= 4 is 38.6 Å². The summed E-state index contributed by atoms with van der Waals surface area (Å²) in [7, 11) is 0. The summed E-state index contributed by atoms with van der Waals surface area (Å²) in [5.41, 5.74) is 15.6. The van der Waals surface area contributed by atoms with E-state index in [0.29, 0.717) is 0 Å². The summed E-state index contributed by atoms with van der Waals surface area (Å²) in [6.07, 6.45) is 9.01. The highest BCUT2D eigenvalue weighted by molar-refractivity contribution is 6.20. The molecule has 2 heterocycles. The summed E-state index contributed by atoms with van der Waals surface area (Å²) in [5, 5.41) is 3.76. The topological polar surface area (TPSA) is 7.65 Å². The zero-order valence-electron chi connectivity index (χ0n) is 29.9. The van der Waals surface area contributed by atoms with E-state index in [1.165, 1.54) is 77.5 Å². The van der Waals surface area contributed by atoms with E-state index >= 15 is 0 Å². The van der Waals surface area contributed by atoms with Crippen molar-refractivity contribution in [2.75, 3.05) is 4.90 Å². The third-order valence-corrected chi connectivity index (χ3v) is 10.8. The average Bonchev–Trinajstić information content (AvgIpc) is 3.62. The predicted octanol–water partition coefficient (Wildman–Crippen LogP) is 14.3. The Labute approximate surface area is 316 Å². The Hall–Kier alpha value is -6.90. The van der Waals surface area contributed by atoms with Crippen LogP contribution in [0.25, 0.3) is 71.8 Å². The van der Waals surface area contributed by atoms with E-state index in [0.717, 1.165) is 24.2 Å². The molecule has 0 atom stereocenters. The number of allylic oxidation sites excluding steroid dienone is 3. The number of hydrogen-bond donors (Lipinski definition) is 0. The van der Waals surface area contributed by atoms with Crippen molar-refractivity contribution in [2.45, 2.75) is 12.8 Å². The van der Waals surface area contributed by atoms with Crippen molar-refractivity contribution in [2.24, 2.45) is 0 Å². The quantitative estimate of drug-likeness (QED) is 0.151. The highest BCUT2D eigenvalue weighted by Gasteiger charge is 2.26. The van der Waals surface area contributed by atoms with Gasteiger partial charge in [-0.05, 0) is 82.5 Å². The first kappa shape index (κ1) is 31.8. The molecule has 0 amide bonds. The first-order chi connectivity index (χ1) is 26.8. The minimum atomic E-state index is 1.03.